The van der Waals surface area contributed by atoms with Gasteiger partial charge in [-0.1, -0.05) is 6.42 Å². The second-order valence-electron chi connectivity index (χ2n) is 8.07. The van der Waals surface area contributed by atoms with E-state index < -0.39 is 10.0 Å². The average Bonchev–Trinajstić information content (AvgIpc) is 2.84. The van der Waals surface area contributed by atoms with Crippen LogP contribution in [0.5, 0.6) is 5.75 Å². The lowest BCUT2D eigenvalue weighted by atomic mass is 10.2. The van der Waals surface area contributed by atoms with Crippen LogP contribution in [0.25, 0.3) is 0 Å². The van der Waals surface area contributed by atoms with Gasteiger partial charge in [-0.25, -0.2) is 12.8 Å². The number of amides is 1. The summed E-state index contributed by atoms with van der Waals surface area (Å²) < 4.78 is 45.7. The second-order valence-corrected chi connectivity index (χ2v) is 10.0. The molecule has 0 saturated carbocycles. The van der Waals surface area contributed by atoms with Gasteiger partial charge in [-0.3, -0.25) is 4.79 Å². The number of piperidine rings is 1. The number of hydrogen-bond donors (Lipinski definition) is 0. The van der Waals surface area contributed by atoms with Crippen LogP contribution in [0.3, 0.4) is 0 Å². The molecule has 172 valence electrons. The van der Waals surface area contributed by atoms with Crippen molar-refractivity contribution in [2.45, 2.75) is 24.2 Å². The number of nitrogens with zero attached hydrogens (tertiary/aromatic N) is 3. The Labute approximate surface area is 188 Å². The quantitative estimate of drug-likeness (QED) is 0.662. The molecule has 0 atom stereocenters. The van der Waals surface area contributed by atoms with Gasteiger partial charge < -0.3 is 14.5 Å². The molecule has 0 aromatic heterocycles. The van der Waals surface area contributed by atoms with Gasteiger partial charge in [-0.2, -0.15) is 4.31 Å². The first kappa shape index (κ1) is 22.5. The summed E-state index contributed by atoms with van der Waals surface area (Å²) in [6.45, 7) is 3.47. The van der Waals surface area contributed by atoms with E-state index in [1.54, 1.807) is 29.2 Å². The van der Waals surface area contributed by atoms with Gasteiger partial charge in [-0.05, 0) is 61.4 Å². The number of hydrogen-bond acceptors (Lipinski definition) is 5. The number of rotatable bonds is 6. The molecule has 9 heteroatoms. The van der Waals surface area contributed by atoms with Crippen LogP contribution in [0.1, 0.15) is 19.3 Å². The van der Waals surface area contributed by atoms with Crippen molar-refractivity contribution in [2.75, 3.05) is 50.8 Å². The third kappa shape index (κ3) is 5.21. The standard InChI is InChI=1S/C23H28FN3O4S/c24-19-4-6-20(7-5-19)25-14-16-26(17-15-25)23(28)18-31-21-8-10-22(11-9-21)32(29,30)27-12-2-1-3-13-27/h4-11H,1-3,12-18H2. The molecular formula is C23H28FN3O4S. The summed E-state index contributed by atoms with van der Waals surface area (Å²) >= 11 is 0. The summed E-state index contributed by atoms with van der Waals surface area (Å²) in [5.41, 5.74) is 0.939. The molecule has 0 unspecified atom stereocenters. The van der Waals surface area contributed by atoms with E-state index in [4.69, 9.17) is 4.74 Å². The highest BCUT2D eigenvalue weighted by Crippen LogP contribution is 2.23. The predicted molar refractivity (Wildman–Crippen MR) is 120 cm³/mol. The Morgan fingerprint density at radius 2 is 1.47 bits per heavy atom. The van der Waals surface area contributed by atoms with Gasteiger partial charge >= 0.3 is 0 Å². The Kier molecular flexibility index (Phi) is 6.95. The highest BCUT2D eigenvalue weighted by molar-refractivity contribution is 7.89. The first-order valence-corrected chi connectivity index (χ1v) is 12.4. The van der Waals surface area contributed by atoms with Gasteiger partial charge in [0.05, 0.1) is 4.90 Å². The number of ether oxygens (including phenoxy) is 1. The number of carbonyl (C=O) groups excluding carboxylic acids is 1. The maximum atomic E-state index is 13.1. The molecule has 0 bridgehead atoms. The summed E-state index contributed by atoms with van der Waals surface area (Å²) in [5.74, 6) is 0.0755. The fourth-order valence-electron chi connectivity index (χ4n) is 4.06. The summed E-state index contributed by atoms with van der Waals surface area (Å²) in [5, 5.41) is 0. The molecule has 32 heavy (non-hydrogen) atoms. The lowest BCUT2D eigenvalue weighted by molar-refractivity contribution is -0.133. The zero-order valence-corrected chi connectivity index (χ0v) is 18.8. The Bertz CT molecular complexity index is 1010. The van der Waals surface area contributed by atoms with Crippen LogP contribution >= 0.6 is 0 Å². The van der Waals surface area contributed by atoms with Gasteiger partial charge in [0.2, 0.25) is 10.0 Å². The Morgan fingerprint density at radius 3 is 2.09 bits per heavy atom. The monoisotopic (exact) mass is 461 g/mol. The summed E-state index contributed by atoms with van der Waals surface area (Å²) in [4.78, 5) is 16.6. The molecule has 2 aliphatic rings. The molecule has 0 spiro atoms. The molecule has 0 N–H and O–H groups in total. The van der Waals surface area contributed by atoms with Crippen LogP contribution in [0.4, 0.5) is 10.1 Å². The number of piperazine rings is 1. The van der Waals surface area contributed by atoms with Crippen molar-refractivity contribution < 1.29 is 22.3 Å². The van der Waals surface area contributed by atoms with E-state index in [2.05, 4.69) is 4.90 Å². The van der Waals surface area contributed by atoms with Crippen molar-refractivity contribution in [3.8, 4) is 5.75 Å². The summed E-state index contributed by atoms with van der Waals surface area (Å²) in [6, 6.07) is 12.6. The molecule has 0 aliphatic carbocycles. The van der Waals surface area contributed by atoms with Crippen molar-refractivity contribution in [1.82, 2.24) is 9.21 Å². The maximum absolute atomic E-state index is 13.1. The van der Waals surface area contributed by atoms with Crippen molar-refractivity contribution in [3.63, 3.8) is 0 Å². The van der Waals surface area contributed by atoms with Crippen LogP contribution in [-0.4, -0.2) is 69.4 Å². The second kappa shape index (κ2) is 9.87. The zero-order chi connectivity index (χ0) is 22.6. The minimum atomic E-state index is -3.48. The molecule has 2 saturated heterocycles. The normalized spacial score (nSPS) is 17.9. The van der Waals surface area contributed by atoms with Gasteiger partial charge in [0.1, 0.15) is 11.6 Å². The fourth-order valence-corrected chi connectivity index (χ4v) is 5.58. The van der Waals surface area contributed by atoms with E-state index in [0.717, 1.165) is 24.9 Å². The Hall–Kier alpha value is -2.65. The molecule has 0 radical (unpaired) electrons. The van der Waals surface area contributed by atoms with Gasteiger partial charge in [0.15, 0.2) is 6.61 Å². The molecule has 4 rings (SSSR count). The summed E-state index contributed by atoms with van der Waals surface area (Å²) in [7, 11) is -3.48. The van der Waals surface area contributed by atoms with Crippen LogP contribution in [0.15, 0.2) is 53.4 Å². The van der Waals surface area contributed by atoms with E-state index in [1.807, 2.05) is 0 Å². The van der Waals surface area contributed by atoms with Crippen LogP contribution in [-0.2, 0) is 14.8 Å². The predicted octanol–water partition coefficient (Wildman–Crippen LogP) is 2.73. The third-order valence-corrected chi connectivity index (χ3v) is 7.88. The van der Waals surface area contributed by atoms with Gasteiger partial charge in [0.25, 0.3) is 5.91 Å². The number of sulfonamides is 1. The average molecular weight is 462 g/mol. The molecule has 7 nitrogen and oxygen atoms in total. The van der Waals surface area contributed by atoms with Crippen molar-refractivity contribution >= 4 is 21.6 Å². The lowest BCUT2D eigenvalue weighted by Gasteiger charge is -2.36. The van der Waals surface area contributed by atoms with E-state index in [1.165, 1.54) is 28.6 Å². The topological polar surface area (TPSA) is 70.2 Å². The number of anilines is 1. The molecule has 2 aromatic carbocycles. The molecule has 2 heterocycles. The minimum absolute atomic E-state index is 0.102. The Balaban J connectivity index is 1.26. The van der Waals surface area contributed by atoms with E-state index >= 15 is 0 Å². The SMILES string of the molecule is O=C(COc1ccc(S(=O)(=O)N2CCCCC2)cc1)N1CCN(c2ccc(F)cc2)CC1. The van der Waals surface area contributed by atoms with E-state index in [-0.39, 0.29) is 23.2 Å². The maximum Gasteiger partial charge on any atom is 0.260 e. The van der Waals surface area contributed by atoms with Crippen molar-refractivity contribution in [3.05, 3.63) is 54.3 Å². The number of benzene rings is 2. The van der Waals surface area contributed by atoms with E-state index in [0.29, 0.717) is 45.0 Å². The van der Waals surface area contributed by atoms with Gasteiger partial charge in [-0.15, -0.1) is 0 Å². The highest BCUT2D eigenvalue weighted by atomic mass is 32.2. The van der Waals surface area contributed by atoms with Crippen molar-refractivity contribution in [1.29, 1.82) is 0 Å². The van der Waals surface area contributed by atoms with E-state index in [9.17, 15) is 17.6 Å². The van der Waals surface area contributed by atoms with Crippen LogP contribution < -0.4 is 9.64 Å². The first-order chi connectivity index (χ1) is 15.4. The van der Waals surface area contributed by atoms with Crippen LogP contribution in [0.2, 0.25) is 0 Å². The molecule has 2 aliphatic heterocycles. The Morgan fingerprint density at radius 1 is 0.844 bits per heavy atom. The van der Waals surface area contributed by atoms with Gasteiger partial charge in [0, 0.05) is 45.0 Å². The minimum Gasteiger partial charge on any atom is -0.484 e. The third-order valence-electron chi connectivity index (χ3n) is 5.96. The largest absolute Gasteiger partial charge is 0.484 e. The smallest absolute Gasteiger partial charge is 0.260 e. The molecular weight excluding hydrogens is 433 g/mol. The summed E-state index contributed by atoms with van der Waals surface area (Å²) in [6.07, 6.45) is 2.84. The van der Waals surface area contributed by atoms with Crippen molar-refractivity contribution in [2.24, 2.45) is 0 Å². The number of carbonyl (C=O) groups is 1. The van der Waals surface area contributed by atoms with Crippen LogP contribution in [0, 0.1) is 5.82 Å². The number of halogens is 1. The first-order valence-electron chi connectivity index (χ1n) is 10.9. The highest BCUT2D eigenvalue weighted by Gasteiger charge is 2.26. The fraction of sp³-hybridized carbons (Fsp3) is 0.435. The molecule has 2 fully saturated rings. The molecule has 2 aromatic rings. The zero-order valence-electron chi connectivity index (χ0n) is 18.0. The lowest BCUT2D eigenvalue weighted by Crippen LogP contribution is -2.50. The molecule has 1 amide bonds.